The number of rotatable bonds is 5. The van der Waals surface area contributed by atoms with E-state index in [1.807, 2.05) is 0 Å². The third kappa shape index (κ3) is 3.59. The van der Waals surface area contributed by atoms with Crippen LogP contribution in [-0.4, -0.2) is 29.2 Å². The molecule has 4 N–H and O–H groups in total. The number of hydrogen-bond acceptors (Lipinski definition) is 3. The first kappa shape index (κ1) is 15.3. The second-order valence-corrected chi connectivity index (χ2v) is 7.64. The van der Waals surface area contributed by atoms with Gasteiger partial charge < -0.3 is 16.2 Å². The molecule has 0 heterocycles. The van der Waals surface area contributed by atoms with Crippen molar-refractivity contribution in [3.05, 3.63) is 0 Å². The van der Waals surface area contributed by atoms with E-state index in [4.69, 9.17) is 5.73 Å². The summed E-state index contributed by atoms with van der Waals surface area (Å²) >= 11 is 0. The van der Waals surface area contributed by atoms with Crippen LogP contribution in [0, 0.1) is 17.8 Å². The maximum absolute atomic E-state index is 12.2. The second-order valence-electron chi connectivity index (χ2n) is 7.64. The normalized spacial score (nSPS) is 35.6. The Morgan fingerprint density at radius 2 is 1.90 bits per heavy atom. The molecule has 21 heavy (non-hydrogen) atoms. The average Bonchev–Trinajstić information content (AvgIpc) is 3.10. The Morgan fingerprint density at radius 1 is 1.14 bits per heavy atom. The third-order valence-electron chi connectivity index (χ3n) is 6.07. The Hall–Kier alpha value is -0.610. The number of nitrogens with two attached hydrogens (primary N) is 1. The second kappa shape index (κ2) is 6.66. The Labute approximate surface area is 127 Å². The summed E-state index contributed by atoms with van der Waals surface area (Å²) in [5.41, 5.74) is 6.09. The molecule has 3 saturated carbocycles. The Morgan fingerprint density at radius 3 is 2.52 bits per heavy atom. The highest BCUT2D eigenvalue weighted by Crippen LogP contribution is 2.44. The van der Waals surface area contributed by atoms with Crippen LogP contribution in [0.25, 0.3) is 0 Å². The van der Waals surface area contributed by atoms with Gasteiger partial charge in [0.05, 0.1) is 0 Å². The number of amides is 1. The Bertz CT molecular complexity index is 368. The number of aliphatic hydroxyl groups excluding tert-OH is 1. The lowest BCUT2D eigenvalue weighted by molar-refractivity contribution is -0.131. The van der Waals surface area contributed by atoms with Gasteiger partial charge in [-0.3, -0.25) is 4.79 Å². The molecule has 0 spiro atoms. The molecule has 0 radical (unpaired) electrons. The van der Waals surface area contributed by atoms with Gasteiger partial charge in [0, 0.05) is 12.1 Å². The topological polar surface area (TPSA) is 75.3 Å². The van der Waals surface area contributed by atoms with Gasteiger partial charge in [-0.2, -0.15) is 0 Å². The Kier molecular flexibility index (Phi) is 4.85. The van der Waals surface area contributed by atoms with E-state index >= 15 is 0 Å². The highest BCUT2D eigenvalue weighted by Gasteiger charge is 2.41. The molecule has 3 aliphatic rings. The number of nitrogens with one attached hydrogen (secondary N) is 1. The minimum absolute atomic E-state index is 0.240. The summed E-state index contributed by atoms with van der Waals surface area (Å²) in [5, 5.41) is 13.3. The quantitative estimate of drug-likeness (QED) is 0.725. The molecule has 0 aliphatic heterocycles. The number of fused-ring (bicyclic) bond motifs is 2. The van der Waals surface area contributed by atoms with E-state index in [9.17, 15) is 9.90 Å². The zero-order chi connectivity index (χ0) is 14.8. The van der Waals surface area contributed by atoms with Crippen molar-refractivity contribution >= 4 is 5.91 Å². The van der Waals surface area contributed by atoms with Crippen molar-refractivity contribution in [3.8, 4) is 0 Å². The monoisotopic (exact) mass is 294 g/mol. The van der Waals surface area contributed by atoms with Crippen molar-refractivity contribution in [2.75, 3.05) is 0 Å². The van der Waals surface area contributed by atoms with Crippen LogP contribution in [0.3, 0.4) is 0 Å². The molecule has 0 aromatic carbocycles. The van der Waals surface area contributed by atoms with E-state index in [0.717, 1.165) is 18.8 Å². The van der Waals surface area contributed by atoms with E-state index in [2.05, 4.69) is 5.32 Å². The standard InChI is InChI=1S/C17H30N2O2/c18-14(9-11-4-2-1-3-5-11)16(20)17(21)19-15-10-12-6-7-13(15)8-12/h11-16,20H,1-10,18H2,(H,19,21)/t12-,13+,14?,15?,16?/m0/s1. The van der Waals surface area contributed by atoms with Crippen LogP contribution >= 0.6 is 0 Å². The zero-order valence-electron chi connectivity index (χ0n) is 13.0. The van der Waals surface area contributed by atoms with E-state index in [1.165, 1.54) is 51.4 Å². The lowest BCUT2D eigenvalue weighted by atomic mass is 9.84. The summed E-state index contributed by atoms with van der Waals surface area (Å²) in [6, 6.07) is -0.125. The molecule has 0 aromatic heterocycles. The fraction of sp³-hybridized carbons (Fsp3) is 0.941. The summed E-state index contributed by atoms with van der Waals surface area (Å²) < 4.78 is 0. The van der Waals surface area contributed by atoms with Gasteiger partial charge in [0.25, 0.3) is 5.91 Å². The summed E-state index contributed by atoms with van der Waals surface area (Å²) in [4.78, 5) is 12.2. The average molecular weight is 294 g/mol. The first-order chi connectivity index (χ1) is 10.1. The van der Waals surface area contributed by atoms with Crippen LogP contribution < -0.4 is 11.1 Å². The molecule has 2 bridgehead atoms. The number of carbonyl (C=O) groups excluding carboxylic acids is 1. The van der Waals surface area contributed by atoms with E-state index in [-0.39, 0.29) is 11.9 Å². The van der Waals surface area contributed by atoms with Crippen LogP contribution in [0.5, 0.6) is 0 Å². The number of carbonyl (C=O) groups is 1. The van der Waals surface area contributed by atoms with Crippen molar-refractivity contribution in [1.29, 1.82) is 0 Å². The maximum atomic E-state index is 12.2. The van der Waals surface area contributed by atoms with E-state index < -0.39 is 12.1 Å². The van der Waals surface area contributed by atoms with Gasteiger partial charge >= 0.3 is 0 Å². The Balaban J connectivity index is 1.44. The van der Waals surface area contributed by atoms with Gasteiger partial charge in [-0.05, 0) is 43.4 Å². The van der Waals surface area contributed by atoms with Gasteiger partial charge in [0.15, 0.2) is 0 Å². The summed E-state index contributed by atoms with van der Waals surface area (Å²) in [6.45, 7) is 0. The van der Waals surface area contributed by atoms with Crippen molar-refractivity contribution in [3.63, 3.8) is 0 Å². The molecular weight excluding hydrogens is 264 g/mol. The highest BCUT2D eigenvalue weighted by atomic mass is 16.3. The maximum Gasteiger partial charge on any atom is 0.250 e. The third-order valence-corrected chi connectivity index (χ3v) is 6.07. The molecule has 1 amide bonds. The lowest BCUT2D eigenvalue weighted by Crippen LogP contribution is -2.51. The summed E-state index contributed by atoms with van der Waals surface area (Å²) in [6.07, 6.45) is 10.9. The van der Waals surface area contributed by atoms with Crippen molar-refractivity contribution in [2.24, 2.45) is 23.5 Å². The molecule has 5 atom stereocenters. The molecule has 120 valence electrons. The molecule has 3 unspecified atom stereocenters. The van der Waals surface area contributed by atoms with Gasteiger partial charge in [-0.15, -0.1) is 0 Å². The predicted molar refractivity (Wildman–Crippen MR) is 82.6 cm³/mol. The van der Waals surface area contributed by atoms with Gasteiger partial charge in [-0.1, -0.05) is 38.5 Å². The number of aliphatic hydroxyl groups is 1. The molecule has 3 aliphatic carbocycles. The minimum Gasteiger partial charge on any atom is -0.382 e. The lowest BCUT2D eigenvalue weighted by Gasteiger charge is -2.28. The molecular formula is C17H30N2O2. The number of hydrogen-bond donors (Lipinski definition) is 3. The highest BCUT2D eigenvalue weighted by molar-refractivity contribution is 5.81. The summed E-state index contributed by atoms with van der Waals surface area (Å²) in [5.74, 6) is 1.80. The van der Waals surface area contributed by atoms with E-state index in [1.54, 1.807) is 0 Å². The van der Waals surface area contributed by atoms with E-state index in [0.29, 0.717) is 11.8 Å². The van der Waals surface area contributed by atoms with Gasteiger partial charge in [0.2, 0.25) is 0 Å². The first-order valence-electron chi connectivity index (χ1n) is 8.87. The smallest absolute Gasteiger partial charge is 0.250 e. The van der Waals surface area contributed by atoms with Gasteiger partial charge in [0.1, 0.15) is 6.10 Å². The SMILES string of the molecule is NC(CC1CCCCC1)C(O)C(=O)NC1C[C@H]2CC[C@@H]1C2. The van der Waals surface area contributed by atoms with Crippen molar-refractivity contribution in [1.82, 2.24) is 5.32 Å². The van der Waals surface area contributed by atoms with Crippen LogP contribution in [-0.2, 0) is 4.79 Å². The van der Waals surface area contributed by atoms with Crippen LogP contribution in [0.1, 0.15) is 64.2 Å². The molecule has 3 fully saturated rings. The fourth-order valence-corrected chi connectivity index (χ4v) is 4.82. The predicted octanol–water partition coefficient (Wildman–Crippen LogP) is 1.95. The molecule has 4 heteroatoms. The van der Waals surface area contributed by atoms with Crippen LogP contribution in [0.15, 0.2) is 0 Å². The van der Waals surface area contributed by atoms with Crippen molar-refractivity contribution < 1.29 is 9.90 Å². The molecule has 3 rings (SSSR count). The summed E-state index contributed by atoms with van der Waals surface area (Å²) in [7, 11) is 0. The molecule has 0 saturated heterocycles. The van der Waals surface area contributed by atoms with Crippen LogP contribution in [0.2, 0.25) is 0 Å². The fourth-order valence-electron chi connectivity index (χ4n) is 4.82. The minimum atomic E-state index is -1.04. The van der Waals surface area contributed by atoms with Crippen molar-refractivity contribution in [2.45, 2.75) is 82.4 Å². The zero-order valence-corrected chi connectivity index (χ0v) is 13.0. The molecule has 0 aromatic rings. The van der Waals surface area contributed by atoms with Crippen LogP contribution in [0.4, 0.5) is 0 Å². The molecule has 4 nitrogen and oxygen atoms in total. The van der Waals surface area contributed by atoms with Gasteiger partial charge in [-0.25, -0.2) is 0 Å². The largest absolute Gasteiger partial charge is 0.382 e. The first-order valence-corrected chi connectivity index (χ1v) is 8.87.